The molecule has 2 atom stereocenters. The zero-order valence-corrected chi connectivity index (χ0v) is 17.4. The fourth-order valence-electron chi connectivity index (χ4n) is 4.58. The first-order chi connectivity index (χ1) is 15.4. The zero-order chi connectivity index (χ0) is 22.3. The Morgan fingerprint density at radius 2 is 1.88 bits per heavy atom. The third-order valence-corrected chi connectivity index (χ3v) is 6.29. The fraction of sp³-hybridized carbons (Fsp3) is 0.375. The van der Waals surface area contributed by atoms with Crippen LogP contribution in [0.2, 0.25) is 0 Å². The summed E-state index contributed by atoms with van der Waals surface area (Å²) in [4.78, 5) is 12.8. The molecule has 2 heterocycles. The average Bonchev–Trinajstić information content (AvgIpc) is 3.53. The van der Waals surface area contributed by atoms with Gasteiger partial charge in [-0.05, 0) is 48.9 Å². The molecule has 2 aromatic carbocycles. The first-order valence-electron chi connectivity index (χ1n) is 10.9. The number of carbonyl (C=O) groups is 1. The van der Waals surface area contributed by atoms with Crippen molar-refractivity contribution in [3.63, 3.8) is 0 Å². The van der Waals surface area contributed by atoms with E-state index in [0.29, 0.717) is 12.1 Å². The van der Waals surface area contributed by atoms with E-state index in [-0.39, 0.29) is 11.5 Å². The number of hydrogen-bond donors (Lipinski definition) is 1. The highest BCUT2D eigenvalue weighted by Crippen LogP contribution is 2.51. The number of benzene rings is 2. The molecule has 5 rings (SSSR count). The van der Waals surface area contributed by atoms with Crippen LogP contribution in [0, 0.1) is 5.92 Å². The van der Waals surface area contributed by atoms with Crippen molar-refractivity contribution >= 4 is 11.6 Å². The number of fused-ring (bicyclic) bond motifs is 1. The van der Waals surface area contributed by atoms with Crippen LogP contribution in [0.15, 0.2) is 48.5 Å². The number of aromatic nitrogens is 3. The number of carbonyl (C=O) groups excluding carboxylic acids is 1. The lowest BCUT2D eigenvalue weighted by Crippen LogP contribution is -2.15. The summed E-state index contributed by atoms with van der Waals surface area (Å²) in [6.07, 6.45) is 0.247. The van der Waals surface area contributed by atoms with Gasteiger partial charge in [-0.3, -0.25) is 4.79 Å². The van der Waals surface area contributed by atoms with Crippen molar-refractivity contribution in [2.45, 2.75) is 50.7 Å². The Kier molecular flexibility index (Phi) is 5.23. The maximum absolute atomic E-state index is 13.3. The van der Waals surface area contributed by atoms with Crippen molar-refractivity contribution in [1.82, 2.24) is 14.8 Å². The number of halogens is 3. The number of rotatable bonds is 4. The SMILES string of the molecule is O=C(Nc1cccc(-c2nnc3n2CCCCC3)c1)C1CC1c1ccccc1C(F)(F)F. The van der Waals surface area contributed by atoms with Gasteiger partial charge in [-0.25, -0.2) is 0 Å². The lowest BCUT2D eigenvalue weighted by atomic mass is 10.0. The van der Waals surface area contributed by atoms with Crippen LogP contribution in [0.25, 0.3) is 11.4 Å². The molecular formula is C24H23F3N4O. The maximum atomic E-state index is 13.3. The molecule has 5 nitrogen and oxygen atoms in total. The summed E-state index contributed by atoms with van der Waals surface area (Å²) in [6, 6.07) is 12.9. The minimum absolute atomic E-state index is 0.194. The quantitative estimate of drug-likeness (QED) is 0.588. The average molecular weight is 440 g/mol. The molecule has 166 valence electrons. The molecule has 1 aliphatic carbocycles. The monoisotopic (exact) mass is 440 g/mol. The van der Waals surface area contributed by atoms with Gasteiger partial charge < -0.3 is 9.88 Å². The molecule has 2 unspecified atom stereocenters. The van der Waals surface area contributed by atoms with E-state index >= 15 is 0 Å². The van der Waals surface area contributed by atoms with Gasteiger partial charge in [0.25, 0.3) is 0 Å². The van der Waals surface area contributed by atoms with Gasteiger partial charge in [0.1, 0.15) is 5.82 Å². The van der Waals surface area contributed by atoms with Crippen molar-refractivity contribution in [3.8, 4) is 11.4 Å². The standard InChI is InChI=1S/C24H23F3N4O/c25-24(26,27)20-10-4-3-9-17(20)18-14-19(18)23(32)28-16-8-6-7-15(13-16)22-30-29-21-11-2-1-5-12-31(21)22/h3-4,6-10,13,18-19H,1-2,5,11-12,14H2,(H,28,32). The number of nitrogens with one attached hydrogen (secondary N) is 1. The van der Waals surface area contributed by atoms with Gasteiger partial charge in [-0.15, -0.1) is 10.2 Å². The molecule has 32 heavy (non-hydrogen) atoms. The number of anilines is 1. The smallest absolute Gasteiger partial charge is 0.326 e. The van der Waals surface area contributed by atoms with E-state index < -0.39 is 23.6 Å². The van der Waals surface area contributed by atoms with Crippen LogP contribution in [0.3, 0.4) is 0 Å². The summed E-state index contributed by atoms with van der Waals surface area (Å²) in [6.45, 7) is 0.872. The Morgan fingerprint density at radius 1 is 1.03 bits per heavy atom. The predicted octanol–water partition coefficient (Wildman–Crippen LogP) is 5.43. The molecule has 0 saturated heterocycles. The molecule has 1 aliphatic heterocycles. The van der Waals surface area contributed by atoms with Gasteiger partial charge >= 0.3 is 6.18 Å². The largest absolute Gasteiger partial charge is 0.416 e. The summed E-state index contributed by atoms with van der Waals surface area (Å²) in [5, 5.41) is 11.6. The third-order valence-electron chi connectivity index (χ3n) is 6.29. The number of aryl methyl sites for hydroxylation is 1. The summed E-state index contributed by atoms with van der Waals surface area (Å²) >= 11 is 0. The molecule has 1 fully saturated rings. The van der Waals surface area contributed by atoms with Crippen LogP contribution in [0.4, 0.5) is 18.9 Å². The lowest BCUT2D eigenvalue weighted by molar-refractivity contribution is -0.138. The van der Waals surface area contributed by atoms with Gasteiger partial charge in [0.2, 0.25) is 5.91 Å². The van der Waals surface area contributed by atoms with Crippen molar-refractivity contribution in [2.24, 2.45) is 5.92 Å². The Morgan fingerprint density at radius 3 is 2.72 bits per heavy atom. The second-order valence-electron chi connectivity index (χ2n) is 8.51. The van der Waals surface area contributed by atoms with Crippen LogP contribution in [0.1, 0.15) is 48.6 Å². The van der Waals surface area contributed by atoms with E-state index in [4.69, 9.17) is 0 Å². The minimum Gasteiger partial charge on any atom is -0.326 e. The molecule has 0 spiro atoms. The molecule has 0 bridgehead atoms. The molecule has 2 aliphatic rings. The van der Waals surface area contributed by atoms with Crippen LogP contribution in [0.5, 0.6) is 0 Å². The van der Waals surface area contributed by atoms with Crippen molar-refractivity contribution < 1.29 is 18.0 Å². The Bertz CT molecular complexity index is 1150. The van der Waals surface area contributed by atoms with E-state index in [2.05, 4.69) is 20.1 Å². The van der Waals surface area contributed by atoms with Gasteiger partial charge in [-0.2, -0.15) is 13.2 Å². The van der Waals surface area contributed by atoms with Gasteiger partial charge in [0.15, 0.2) is 5.82 Å². The Labute approximate surface area is 183 Å². The van der Waals surface area contributed by atoms with Crippen LogP contribution in [-0.4, -0.2) is 20.7 Å². The summed E-state index contributed by atoms with van der Waals surface area (Å²) in [5.74, 6) is 0.622. The number of hydrogen-bond acceptors (Lipinski definition) is 3. The maximum Gasteiger partial charge on any atom is 0.416 e. The molecule has 3 aromatic rings. The predicted molar refractivity (Wildman–Crippen MR) is 114 cm³/mol. The highest BCUT2D eigenvalue weighted by molar-refractivity contribution is 5.95. The molecule has 1 saturated carbocycles. The number of amides is 1. The topological polar surface area (TPSA) is 59.8 Å². The molecule has 1 amide bonds. The van der Waals surface area contributed by atoms with Crippen molar-refractivity contribution in [3.05, 3.63) is 65.5 Å². The van der Waals surface area contributed by atoms with Crippen LogP contribution in [-0.2, 0) is 23.9 Å². The minimum atomic E-state index is -4.43. The lowest BCUT2D eigenvalue weighted by Gasteiger charge is -2.12. The Balaban J connectivity index is 1.32. The Hall–Kier alpha value is -3.16. The highest BCUT2D eigenvalue weighted by Gasteiger charge is 2.47. The van der Waals surface area contributed by atoms with Gasteiger partial charge in [-0.1, -0.05) is 36.8 Å². The van der Waals surface area contributed by atoms with E-state index in [1.165, 1.54) is 18.6 Å². The molecule has 0 radical (unpaired) electrons. The van der Waals surface area contributed by atoms with Crippen LogP contribution < -0.4 is 5.32 Å². The van der Waals surface area contributed by atoms with Crippen molar-refractivity contribution in [1.29, 1.82) is 0 Å². The van der Waals surface area contributed by atoms with E-state index in [9.17, 15) is 18.0 Å². The second kappa shape index (κ2) is 8.07. The first-order valence-corrected chi connectivity index (χ1v) is 10.9. The van der Waals surface area contributed by atoms with E-state index in [1.807, 2.05) is 18.2 Å². The van der Waals surface area contributed by atoms with E-state index in [0.717, 1.165) is 49.1 Å². The molecule has 1 aromatic heterocycles. The summed E-state index contributed by atoms with van der Waals surface area (Å²) in [7, 11) is 0. The third kappa shape index (κ3) is 4.01. The molecule has 8 heteroatoms. The summed E-state index contributed by atoms with van der Waals surface area (Å²) in [5.41, 5.74) is 1.00. The fourth-order valence-corrected chi connectivity index (χ4v) is 4.58. The van der Waals surface area contributed by atoms with Crippen molar-refractivity contribution in [2.75, 3.05) is 5.32 Å². The normalized spacial score (nSPS) is 20.3. The van der Waals surface area contributed by atoms with Crippen LogP contribution >= 0.6 is 0 Å². The zero-order valence-electron chi connectivity index (χ0n) is 17.4. The van der Waals surface area contributed by atoms with Gasteiger partial charge in [0, 0.05) is 30.1 Å². The summed E-state index contributed by atoms with van der Waals surface area (Å²) < 4.78 is 42.1. The van der Waals surface area contributed by atoms with Gasteiger partial charge in [0.05, 0.1) is 5.56 Å². The first kappa shape index (κ1) is 20.7. The highest BCUT2D eigenvalue weighted by atomic mass is 19.4. The molecular weight excluding hydrogens is 417 g/mol. The van der Waals surface area contributed by atoms with E-state index in [1.54, 1.807) is 12.1 Å². The second-order valence-corrected chi connectivity index (χ2v) is 8.51. The number of nitrogens with zero attached hydrogens (tertiary/aromatic N) is 3. The number of alkyl halides is 3. The molecule has 1 N–H and O–H groups in total.